The molecule has 0 aliphatic heterocycles. The number of amides is 1. The lowest BCUT2D eigenvalue weighted by Crippen LogP contribution is -2.29. The average molecular weight is 323 g/mol. The largest absolute Gasteiger partial charge is 0.497 e. The summed E-state index contributed by atoms with van der Waals surface area (Å²) in [7, 11) is 1.66. The molecule has 0 saturated carbocycles. The highest BCUT2D eigenvalue weighted by atomic mass is 32.2. The van der Waals surface area contributed by atoms with Crippen LogP contribution in [0, 0.1) is 0 Å². The summed E-state index contributed by atoms with van der Waals surface area (Å²) in [6.07, 6.45) is 0. The molecule has 3 nitrogen and oxygen atoms in total. The maximum Gasteiger partial charge on any atom is 0.262 e. The molecule has 2 rings (SSSR count). The highest BCUT2D eigenvalue weighted by Gasteiger charge is 2.20. The van der Waals surface area contributed by atoms with Gasteiger partial charge in [0.15, 0.2) is 0 Å². The van der Waals surface area contributed by atoms with Gasteiger partial charge in [0.25, 0.3) is 5.91 Å². The van der Waals surface area contributed by atoms with Crippen molar-refractivity contribution in [3.8, 4) is 5.75 Å². The molecule has 1 aromatic heterocycles. The number of fused-ring (bicyclic) bond motifs is 1. The Morgan fingerprint density at radius 2 is 2.00 bits per heavy atom. The smallest absolute Gasteiger partial charge is 0.262 e. The number of nitrogens with one attached hydrogen (secondary N) is 1. The minimum absolute atomic E-state index is 0.00770. The van der Waals surface area contributed by atoms with Crippen LogP contribution in [0.4, 0.5) is 0 Å². The van der Waals surface area contributed by atoms with Crippen LogP contribution >= 0.6 is 23.1 Å². The molecule has 2 aromatic rings. The van der Waals surface area contributed by atoms with E-state index < -0.39 is 0 Å². The van der Waals surface area contributed by atoms with E-state index in [9.17, 15) is 4.79 Å². The number of rotatable bonds is 5. The van der Waals surface area contributed by atoms with Crippen molar-refractivity contribution >= 4 is 39.1 Å². The van der Waals surface area contributed by atoms with E-state index in [1.54, 1.807) is 30.2 Å². The zero-order chi connectivity index (χ0) is 15.6. The molecular formula is C16H21NO2S2. The lowest BCUT2D eigenvalue weighted by molar-refractivity contribution is 0.0944. The molecule has 0 radical (unpaired) electrons. The van der Waals surface area contributed by atoms with E-state index >= 15 is 0 Å². The number of thioether (sulfide) groups is 1. The molecule has 0 unspecified atom stereocenters. The number of ether oxygens (including phenoxy) is 1. The monoisotopic (exact) mass is 323 g/mol. The minimum atomic E-state index is 0.00770. The maximum atomic E-state index is 12.4. The van der Waals surface area contributed by atoms with Crippen molar-refractivity contribution in [1.29, 1.82) is 0 Å². The second-order valence-electron chi connectivity index (χ2n) is 5.42. The molecule has 0 spiro atoms. The number of hydrogen-bond donors (Lipinski definition) is 1. The van der Waals surface area contributed by atoms with Crippen molar-refractivity contribution in [3.05, 3.63) is 23.1 Å². The minimum Gasteiger partial charge on any atom is -0.497 e. The van der Waals surface area contributed by atoms with Gasteiger partial charge in [0, 0.05) is 26.3 Å². The predicted octanol–water partition coefficient (Wildman–Crippen LogP) is 4.55. The number of carbonyl (C=O) groups excluding carboxylic acids is 1. The summed E-state index contributed by atoms with van der Waals surface area (Å²) in [5.41, 5.74) is 0. The Bertz CT molecular complexity index is 647. The highest BCUT2D eigenvalue weighted by Crippen LogP contribution is 2.41. The number of hydrogen-bond acceptors (Lipinski definition) is 4. The van der Waals surface area contributed by atoms with Crippen LogP contribution in [0.2, 0.25) is 0 Å². The van der Waals surface area contributed by atoms with Crippen LogP contribution in [-0.4, -0.2) is 24.3 Å². The van der Waals surface area contributed by atoms with Crippen LogP contribution in [0.1, 0.15) is 37.4 Å². The van der Waals surface area contributed by atoms with Crippen LogP contribution in [0.3, 0.4) is 0 Å². The highest BCUT2D eigenvalue weighted by molar-refractivity contribution is 8.00. The van der Waals surface area contributed by atoms with Crippen LogP contribution in [0.5, 0.6) is 5.75 Å². The summed E-state index contributed by atoms with van der Waals surface area (Å²) in [5, 5.41) is 4.51. The molecule has 1 aromatic carbocycles. The van der Waals surface area contributed by atoms with Crippen LogP contribution in [-0.2, 0) is 0 Å². The lowest BCUT2D eigenvalue weighted by atomic mass is 10.2. The Morgan fingerprint density at radius 1 is 1.29 bits per heavy atom. The van der Waals surface area contributed by atoms with Gasteiger partial charge in [-0.2, -0.15) is 0 Å². The molecular weight excluding hydrogens is 302 g/mol. The van der Waals surface area contributed by atoms with Crippen molar-refractivity contribution in [2.45, 2.75) is 43.9 Å². The quantitative estimate of drug-likeness (QED) is 0.820. The Hall–Kier alpha value is -1.20. The Labute approximate surface area is 134 Å². The summed E-state index contributed by atoms with van der Waals surface area (Å²) in [5.74, 6) is 0.829. The molecule has 0 fully saturated rings. The molecule has 0 saturated heterocycles. The summed E-state index contributed by atoms with van der Waals surface area (Å²) in [6.45, 7) is 8.23. The van der Waals surface area contributed by atoms with Crippen LogP contribution in [0.15, 0.2) is 23.1 Å². The molecule has 1 N–H and O–H groups in total. The fraction of sp³-hybridized carbons (Fsp3) is 0.438. The van der Waals surface area contributed by atoms with E-state index in [2.05, 4.69) is 19.2 Å². The van der Waals surface area contributed by atoms with Crippen molar-refractivity contribution in [2.24, 2.45) is 0 Å². The fourth-order valence-corrected chi connectivity index (χ4v) is 4.29. The number of thiophene rings is 1. The maximum absolute atomic E-state index is 12.4. The Morgan fingerprint density at radius 3 is 2.57 bits per heavy atom. The summed E-state index contributed by atoms with van der Waals surface area (Å²) >= 11 is 3.28. The van der Waals surface area contributed by atoms with Gasteiger partial charge in [-0.1, -0.05) is 13.8 Å². The third kappa shape index (κ3) is 3.71. The van der Waals surface area contributed by atoms with Crippen LogP contribution in [0.25, 0.3) is 10.1 Å². The Balaban J connectivity index is 2.55. The van der Waals surface area contributed by atoms with Gasteiger partial charge in [-0.05, 0) is 32.0 Å². The summed E-state index contributed by atoms with van der Waals surface area (Å²) in [4.78, 5) is 14.3. The van der Waals surface area contributed by atoms with E-state index in [1.165, 1.54) is 0 Å². The number of benzene rings is 1. The first-order chi connectivity index (χ1) is 9.92. The zero-order valence-electron chi connectivity index (χ0n) is 13.0. The van der Waals surface area contributed by atoms with Gasteiger partial charge in [-0.25, -0.2) is 0 Å². The van der Waals surface area contributed by atoms with Gasteiger partial charge in [0.1, 0.15) is 10.6 Å². The first-order valence-corrected chi connectivity index (χ1v) is 8.70. The second-order valence-corrected chi connectivity index (χ2v) is 8.06. The second kappa shape index (κ2) is 6.71. The molecule has 1 heterocycles. The first-order valence-electron chi connectivity index (χ1n) is 7.00. The number of methoxy groups -OCH3 is 1. The molecule has 0 aliphatic rings. The van der Waals surface area contributed by atoms with Crippen molar-refractivity contribution < 1.29 is 9.53 Å². The molecule has 0 atom stereocenters. The average Bonchev–Trinajstić information content (AvgIpc) is 2.75. The van der Waals surface area contributed by atoms with Crippen molar-refractivity contribution in [1.82, 2.24) is 5.32 Å². The van der Waals surface area contributed by atoms with E-state index in [1.807, 2.05) is 32.0 Å². The first kappa shape index (κ1) is 16.2. The zero-order valence-corrected chi connectivity index (χ0v) is 14.7. The Kier molecular flexibility index (Phi) is 5.17. The predicted molar refractivity (Wildman–Crippen MR) is 92.0 cm³/mol. The molecule has 1 amide bonds. The molecule has 0 aliphatic carbocycles. The van der Waals surface area contributed by atoms with E-state index in [-0.39, 0.29) is 11.9 Å². The van der Waals surface area contributed by atoms with Gasteiger partial charge in [-0.15, -0.1) is 23.1 Å². The molecule has 114 valence electrons. The van der Waals surface area contributed by atoms with Gasteiger partial charge in [0.2, 0.25) is 0 Å². The van der Waals surface area contributed by atoms with Crippen molar-refractivity contribution in [3.63, 3.8) is 0 Å². The van der Waals surface area contributed by atoms with Gasteiger partial charge in [0.05, 0.1) is 7.11 Å². The van der Waals surface area contributed by atoms with Crippen LogP contribution < -0.4 is 10.1 Å². The van der Waals surface area contributed by atoms with Gasteiger partial charge >= 0.3 is 0 Å². The molecule has 0 bridgehead atoms. The van der Waals surface area contributed by atoms with E-state index in [4.69, 9.17) is 4.74 Å². The molecule has 21 heavy (non-hydrogen) atoms. The van der Waals surface area contributed by atoms with Gasteiger partial charge < -0.3 is 10.1 Å². The normalized spacial score (nSPS) is 11.4. The number of carbonyl (C=O) groups is 1. The standard InChI is InChI=1S/C16H21NO2S2/c1-9(2)17-16(18)15-14(20-10(3)4)12-8-11(19-5)6-7-13(12)21-15/h6-10H,1-5H3,(H,17,18). The fourth-order valence-electron chi connectivity index (χ4n) is 2.01. The van der Waals surface area contributed by atoms with Crippen molar-refractivity contribution in [2.75, 3.05) is 7.11 Å². The summed E-state index contributed by atoms with van der Waals surface area (Å²) in [6, 6.07) is 6.11. The van der Waals surface area contributed by atoms with E-state index in [0.29, 0.717) is 5.25 Å². The van der Waals surface area contributed by atoms with Gasteiger partial charge in [-0.3, -0.25) is 4.79 Å². The third-order valence-corrected chi connectivity index (χ3v) is 5.26. The SMILES string of the molecule is COc1ccc2sc(C(=O)NC(C)C)c(SC(C)C)c2c1. The lowest BCUT2D eigenvalue weighted by Gasteiger charge is -2.10. The van der Waals surface area contributed by atoms with E-state index in [0.717, 1.165) is 25.6 Å². The third-order valence-electron chi connectivity index (χ3n) is 2.83. The topological polar surface area (TPSA) is 38.3 Å². The molecule has 5 heteroatoms. The summed E-state index contributed by atoms with van der Waals surface area (Å²) < 4.78 is 6.43.